The molecule has 1 aromatic carbocycles. The molecule has 1 saturated heterocycles. The molecule has 1 aliphatic rings. The van der Waals surface area contributed by atoms with E-state index in [0.29, 0.717) is 37.4 Å². The van der Waals surface area contributed by atoms with Crippen molar-refractivity contribution in [2.45, 2.75) is 43.4 Å². The first-order valence-corrected chi connectivity index (χ1v) is 13.2. The Hall–Kier alpha value is -3.22. The zero-order chi connectivity index (χ0) is 26.4. The van der Waals surface area contributed by atoms with E-state index in [1.54, 1.807) is 6.20 Å². The lowest BCUT2D eigenvalue weighted by atomic mass is 9.89. The summed E-state index contributed by atoms with van der Waals surface area (Å²) in [6.45, 7) is 4.07. The van der Waals surface area contributed by atoms with Crippen molar-refractivity contribution < 1.29 is 33.8 Å². The number of nitrogens with zero attached hydrogens (tertiary/aromatic N) is 3. The molecule has 196 valence electrons. The van der Waals surface area contributed by atoms with Gasteiger partial charge in [-0.2, -0.15) is 0 Å². The van der Waals surface area contributed by atoms with Gasteiger partial charge in [0.15, 0.2) is 5.65 Å². The minimum absolute atomic E-state index is 0.0760. The molecule has 0 radical (unpaired) electrons. The average Bonchev–Trinajstić information content (AvgIpc) is 3.25. The molecule has 1 amide bonds. The second-order valence-corrected chi connectivity index (χ2v) is 11.4. The monoisotopic (exact) mass is 532 g/mol. The van der Waals surface area contributed by atoms with Crippen molar-refractivity contribution in [2.75, 3.05) is 19.7 Å². The van der Waals surface area contributed by atoms with Crippen LogP contribution in [0.3, 0.4) is 0 Å². The van der Waals surface area contributed by atoms with E-state index in [2.05, 4.69) is 15.0 Å². The molecule has 0 saturated carbocycles. The Kier molecular flexibility index (Phi) is 6.05. The lowest BCUT2D eigenvalue weighted by Gasteiger charge is -2.40. The zero-order valence-electron chi connectivity index (χ0n) is 19.5. The molecular formula is C23H25F5N4O3S. The fraction of sp³-hybridized carbons (Fsp3) is 0.391. The molecule has 13 heteroatoms. The maximum Gasteiger partial charge on any atom is 0.310 e. The van der Waals surface area contributed by atoms with Gasteiger partial charge in [-0.05, 0) is 54.7 Å². The predicted molar refractivity (Wildman–Crippen MR) is 125 cm³/mol. The van der Waals surface area contributed by atoms with E-state index in [4.69, 9.17) is 4.74 Å². The first-order valence-electron chi connectivity index (χ1n) is 11.2. The minimum atomic E-state index is -9.79. The smallest absolute Gasteiger partial charge is 0.310 e. The summed E-state index contributed by atoms with van der Waals surface area (Å²) in [4.78, 5) is 35.4. The van der Waals surface area contributed by atoms with Crippen LogP contribution in [0.1, 0.15) is 60.3 Å². The van der Waals surface area contributed by atoms with E-state index in [0.717, 1.165) is 23.2 Å². The lowest BCUT2D eigenvalue weighted by Crippen LogP contribution is -2.38. The number of amides is 1. The highest BCUT2D eigenvalue weighted by Crippen LogP contribution is 3.02. The van der Waals surface area contributed by atoms with Gasteiger partial charge in [-0.3, -0.25) is 9.59 Å². The number of benzene rings is 1. The van der Waals surface area contributed by atoms with Crippen LogP contribution in [0, 0.1) is 0 Å². The van der Waals surface area contributed by atoms with Gasteiger partial charge in [-0.15, -0.1) is 0 Å². The van der Waals surface area contributed by atoms with E-state index in [1.165, 1.54) is 11.8 Å². The van der Waals surface area contributed by atoms with E-state index in [-0.39, 0.29) is 42.1 Å². The highest BCUT2D eigenvalue weighted by Gasteiger charge is 2.65. The summed E-state index contributed by atoms with van der Waals surface area (Å²) in [6.07, 6.45) is 2.83. The summed E-state index contributed by atoms with van der Waals surface area (Å²) in [5.74, 6) is -0.347. The van der Waals surface area contributed by atoms with E-state index in [1.807, 2.05) is 13.0 Å². The summed E-state index contributed by atoms with van der Waals surface area (Å²) in [7, 11) is -9.79. The van der Waals surface area contributed by atoms with Gasteiger partial charge in [0.1, 0.15) is 17.3 Å². The second kappa shape index (κ2) is 8.43. The summed E-state index contributed by atoms with van der Waals surface area (Å²) in [5.41, 5.74) is 2.19. The van der Waals surface area contributed by atoms with Crippen molar-refractivity contribution in [3.8, 4) is 0 Å². The highest BCUT2D eigenvalue weighted by atomic mass is 32.5. The van der Waals surface area contributed by atoms with Crippen LogP contribution < -0.4 is 0 Å². The largest absolute Gasteiger partial charge is 0.465 e. The number of imidazole rings is 1. The van der Waals surface area contributed by atoms with Gasteiger partial charge < -0.3 is 14.6 Å². The van der Waals surface area contributed by atoms with Gasteiger partial charge in [0.2, 0.25) is 0 Å². The van der Waals surface area contributed by atoms with Crippen LogP contribution in [-0.4, -0.2) is 51.4 Å². The summed E-state index contributed by atoms with van der Waals surface area (Å²) in [5, 5.41) is 0. The molecule has 1 N–H and O–H groups in total. The number of pyridine rings is 1. The molecule has 1 atom stereocenters. The third-order valence-electron chi connectivity index (χ3n) is 6.21. The normalized spacial score (nSPS) is 17.9. The van der Waals surface area contributed by atoms with Crippen LogP contribution in [0.4, 0.5) is 19.4 Å². The SMILES string of the molecule is CC(=O)OC[C@@H](C)c1nc2nccc(C3CCN(C(=O)c4ccc(S(F)(F)(F)(F)F)cc4)CC3)c2[nH]1. The standard InChI is InChI=1S/C23H25F5N4O3S/c1-14(13-35-15(2)33)21-30-20-19(7-10-29-22(20)31-21)16-8-11-32(12-9-16)23(34)17-3-5-18(6-4-17)36(24,25,26,27)28/h3-7,10,14,16H,8-9,11-13H2,1-2H3,(H,29,30,31)/t14-/m1/s1. The summed E-state index contributed by atoms with van der Waals surface area (Å²) in [6, 6.07) is 3.97. The molecule has 2 aromatic heterocycles. The number of nitrogens with one attached hydrogen (secondary N) is 1. The van der Waals surface area contributed by atoms with Crippen molar-refractivity contribution in [1.82, 2.24) is 19.9 Å². The van der Waals surface area contributed by atoms with Crippen LogP contribution in [-0.2, 0) is 9.53 Å². The van der Waals surface area contributed by atoms with E-state index < -0.39 is 21.0 Å². The fourth-order valence-electron chi connectivity index (χ4n) is 4.27. The second-order valence-electron chi connectivity index (χ2n) is 8.98. The third kappa shape index (κ3) is 5.61. The number of hydrogen-bond donors (Lipinski definition) is 1. The number of aromatic amines is 1. The number of halogens is 5. The van der Waals surface area contributed by atoms with Crippen molar-refractivity contribution in [2.24, 2.45) is 0 Å². The molecule has 0 aliphatic carbocycles. The summed E-state index contributed by atoms with van der Waals surface area (Å²) < 4.78 is 69.8. The molecular weight excluding hydrogens is 507 g/mol. The van der Waals surface area contributed by atoms with Crippen LogP contribution in [0.2, 0.25) is 0 Å². The predicted octanol–water partition coefficient (Wildman–Crippen LogP) is 6.30. The van der Waals surface area contributed by atoms with Gasteiger partial charge in [0.25, 0.3) is 5.91 Å². The first kappa shape index (κ1) is 25.9. The maximum atomic E-state index is 12.9. The number of fused-ring (bicyclic) bond motifs is 1. The Balaban J connectivity index is 1.45. The van der Waals surface area contributed by atoms with Gasteiger partial charge >= 0.3 is 16.2 Å². The number of rotatable bonds is 6. The first-order chi connectivity index (χ1) is 16.6. The van der Waals surface area contributed by atoms with Crippen LogP contribution >= 0.6 is 10.2 Å². The number of H-pyrrole nitrogens is 1. The van der Waals surface area contributed by atoms with Crippen molar-refractivity contribution in [3.63, 3.8) is 0 Å². The van der Waals surface area contributed by atoms with Crippen LogP contribution in [0.5, 0.6) is 0 Å². The van der Waals surface area contributed by atoms with Crippen molar-refractivity contribution >= 4 is 33.3 Å². The van der Waals surface area contributed by atoms with Crippen molar-refractivity contribution in [3.05, 3.63) is 53.5 Å². The zero-order valence-corrected chi connectivity index (χ0v) is 20.3. The van der Waals surface area contributed by atoms with Gasteiger partial charge in [0, 0.05) is 37.7 Å². The molecule has 3 heterocycles. The lowest BCUT2D eigenvalue weighted by molar-refractivity contribution is -0.141. The number of piperidine rings is 1. The molecule has 3 aromatic rings. The number of esters is 1. The van der Waals surface area contributed by atoms with E-state index >= 15 is 0 Å². The molecule has 0 bridgehead atoms. The number of ether oxygens (including phenoxy) is 1. The quantitative estimate of drug-likeness (QED) is 0.297. The van der Waals surface area contributed by atoms with Gasteiger partial charge in [-0.25, -0.2) is 9.97 Å². The molecule has 1 aliphatic heterocycles. The molecule has 4 rings (SSSR count). The van der Waals surface area contributed by atoms with Gasteiger partial charge in [-0.1, -0.05) is 26.4 Å². The van der Waals surface area contributed by atoms with Crippen LogP contribution in [0.15, 0.2) is 41.4 Å². The fourth-order valence-corrected chi connectivity index (χ4v) is 4.92. The number of carbonyl (C=O) groups is 2. The topological polar surface area (TPSA) is 88.2 Å². The average molecular weight is 533 g/mol. The number of aromatic nitrogens is 3. The molecule has 36 heavy (non-hydrogen) atoms. The van der Waals surface area contributed by atoms with Crippen molar-refractivity contribution in [1.29, 1.82) is 0 Å². The Morgan fingerprint density at radius 3 is 2.33 bits per heavy atom. The Labute approximate surface area is 203 Å². The number of carbonyl (C=O) groups excluding carboxylic acids is 2. The number of hydrogen-bond acceptors (Lipinski definition) is 5. The molecule has 0 unspecified atom stereocenters. The third-order valence-corrected chi connectivity index (χ3v) is 7.38. The Morgan fingerprint density at radius 2 is 1.75 bits per heavy atom. The summed E-state index contributed by atoms with van der Waals surface area (Å²) >= 11 is 0. The molecule has 0 spiro atoms. The van der Waals surface area contributed by atoms with Gasteiger partial charge in [0.05, 0.1) is 5.52 Å². The molecule has 1 fully saturated rings. The molecule has 7 nitrogen and oxygen atoms in total. The number of likely N-dealkylation sites (tertiary alicyclic amines) is 1. The minimum Gasteiger partial charge on any atom is -0.465 e. The van der Waals surface area contributed by atoms with E-state index in [9.17, 15) is 29.0 Å². The van der Waals surface area contributed by atoms with Crippen LogP contribution in [0.25, 0.3) is 11.2 Å². The highest BCUT2D eigenvalue weighted by molar-refractivity contribution is 8.45. The Bertz CT molecular complexity index is 1300. The Morgan fingerprint density at radius 1 is 1.11 bits per heavy atom. The maximum absolute atomic E-state index is 12.9.